The minimum absolute atomic E-state index is 0.0186. The molecule has 0 aromatic carbocycles. The molecule has 0 aliphatic heterocycles. The van der Waals surface area contributed by atoms with Crippen molar-refractivity contribution in [3.8, 4) is 0 Å². The summed E-state index contributed by atoms with van der Waals surface area (Å²) in [5.41, 5.74) is 0.315. The first-order chi connectivity index (χ1) is 8.04. The molecule has 4 nitrogen and oxygen atoms in total. The molecule has 1 amide bonds. The summed E-state index contributed by atoms with van der Waals surface area (Å²) in [5, 5.41) is 11.7. The number of amides is 1. The molecule has 0 fully saturated rings. The minimum atomic E-state index is -0.614. The van der Waals surface area contributed by atoms with E-state index in [9.17, 15) is 9.18 Å². The van der Waals surface area contributed by atoms with Crippen LogP contribution in [0.3, 0.4) is 0 Å². The van der Waals surface area contributed by atoms with Crippen LogP contribution in [0.4, 0.5) is 4.39 Å². The van der Waals surface area contributed by atoms with Gasteiger partial charge in [-0.25, -0.2) is 4.98 Å². The summed E-state index contributed by atoms with van der Waals surface area (Å²) >= 11 is 0. The van der Waals surface area contributed by atoms with Crippen molar-refractivity contribution < 1.29 is 14.3 Å². The zero-order valence-electron chi connectivity index (χ0n) is 9.98. The van der Waals surface area contributed by atoms with E-state index in [0.717, 1.165) is 6.07 Å². The lowest BCUT2D eigenvalue weighted by Gasteiger charge is -2.21. The molecule has 0 aliphatic carbocycles. The smallest absolute Gasteiger partial charge is 0.253 e. The second-order valence-corrected chi connectivity index (χ2v) is 4.21. The molecule has 0 radical (unpaired) electrons. The molecule has 0 spiro atoms. The summed E-state index contributed by atoms with van der Waals surface area (Å²) < 4.78 is 12.6. The van der Waals surface area contributed by atoms with Crippen LogP contribution in [0.1, 0.15) is 30.6 Å². The Hall–Kier alpha value is -1.49. The number of pyridine rings is 1. The molecule has 0 bridgehead atoms. The average Bonchev–Trinajstić information content (AvgIpc) is 2.29. The molecule has 0 saturated heterocycles. The topological polar surface area (TPSA) is 62.2 Å². The number of nitrogens with zero attached hydrogens (tertiary/aromatic N) is 1. The van der Waals surface area contributed by atoms with Gasteiger partial charge in [-0.1, -0.05) is 13.8 Å². The Morgan fingerprint density at radius 2 is 2.24 bits per heavy atom. The van der Waals surface area contributed by atoms with E-state index in [-0.39, 0.29) is 24.5 Å². The van der Waals surface area contributed by atoms with Gasteiger partial charge in [0.05, 0.1) is 5.56 Å². The number of aliphatic hydroxyl groups excluding tert-OH is 1. The molecule has 1 aromatic heterocycles. The van der Waals surface area contributed by atoms with Crippen LogP contribution in [0.5, 0.6) is 0 Å². The van der Waals surface area contributed by atoms with E-state index < -0.39 is 5.95 Å². The number of halogens is 1. The summed E-state index contributed by atoms with van der Waals surface area (Å²) in [6.45, 7) is 3.94. The number of aromatic nitrogens is 1. The molecule has 94 valence electrons. The highest BCUT2D eigenvalue weighted by Crippen LogP contribution is 2.07. The molecule has 1 heterocycles. The lowest BCUT2D eigenvalue weighted by atomic mass is 10.0. The van der Waals surface area contributed by atoms with E-state index in [1.54, 1.807) is 0 Å². The third-order valence-corrected chi connectivity index (χ3v) is 2.55. The zero-order chi connectivity index (χ0) is 12.8. The van der Waals surface area contributed by atoms with Crippen LogP contribution in [0.25, 0.3) is 0 Å². The molecular weight excluding hydrogens is 223 g/mol. The number of hydrogen-bond donors (Lipinski definition) is 2. The van der Waals surface area contributed by atoms with Crippen molar-refractivity contribution in [3.63, 3.8) is 0 Å². The Kier molecular flexibility index (Phi) is 5.03. The summed E-state index contributed by atoms with van der Waals surface area (Å²) in [6.07, 6.45) is 1.69. The minimum Gasteiger partial charge on any atom is -0.396 e. The zero-order valence-corrected chi connectivity index (χ0v) is 9.98. The normalized spacial score (nSPS) is 12.5. The summed E-state index contributed by atoms with van der Waals surface area (Å²) in [4.78, 5) is 15.2. The van der Waals surface area contributed by atoms with Gasteiger partial charge in [0.2, 0.25) is 5.95 Å². The third-order valence-electron chi connectivity index (χ3n) is 2.55. The summed E-state index contributed by atoms with van der Waals surface area (Å²) in [6, 6.07) is 2.43. The average molecular weight is 240 g/mol. The Balaban J connectivity index is 2.66. The molecule has 17 heavy (non-hydrogen) atoms. The Morgan fingerprint density at radius 3 is 2.71 bits per heavy atom. The predicted octanol–water partition coefficient (Wildman–Crippen LogP) is 1.36. The fourth-order valence-corrected chi connectivity index (χ4v) is 1.47. The predicted molar refractivity (Wildman–Crippen MR) is 62.0 cm³/mol. The highest BCUT2D eigenvalue weighted by atomic mass is 19.1. The SMILES string of the molecule is CC(C)C(CCO)NC(=O)c1ccc(F)nc1. The maximum Gasteiger partial charge on any atom is 0.253 e. The fourth-order valence-electron chi connectivity index (χ4n) is 1.47. The van der Waals surface area contributed by atoms with E-state index >= 15 is 0 Å². The van der Waals surface area contributed by atoms with Gasteiger partial charge in [0.1, 0.15) is 0 Å². The van der Waals surface area contributed by atoms with Crippen LogP contribution in [0, 0.1) is 11.9 Å². The van der Waals surface area contributed by atoms with Crippen molar-refractivity contribution in [1.82, 2.24) is 10.3 Å². The number of nitrogens with one attached hydrogen (secondary N) is 1. The van der Waals surface area contributed by atoms with Gasteiger partial charge in [0.25, 0.3) is 5.91 Å². The van der Waals surface area contributed by atoms with Gasteiger partial charge in [0.15, 0.2) is 0 Å². The largest absolute Gasteiger partial charge is 0.396 e. The lowest BCUT2D eigenvalue weighted by molar-refractivity contribution is 0.0916. The number of carbonyl (C=O) groups is 1. The standard InChI is InChI=1S/C12H17FN2O2/c1-8(2)10(5-6-16)15-12(17)9-3-4-11(13)14-7-9/h3-4,7-8,10,16H,5-6H2,1-2H3,(H,15,17). The van der Waals surface area contributed by atoms with E-state index in [2.05, 4.69) is 10.3 Å². The molecule has 2 N–H and O–H groups in total. The van der Waals surface area contributed by atoms with Crippen LogP contribution < -0.4 is 5.32 Å². The molecule has 0 aliphatic rings. The highest BCUT2D eigenvalue weighted by molar-refractivity contribution is 5.94. The number of carbonyl (C=O) groups excluding carboxylic acids is 1. The quantitative estimate of drug-likeness (QED) is 0.764. The molecule has 0 saturated carbocycles. The fraction of sp³-hybridized carbons (Fsp3) is 0.500. The molecule has 1 unspecified atom stereocenters. The van der Waals surface area contributed by atoms with Crippen LogP contribution in [0.15, 0.2) is 18.3 Å². The van der Waals surface area contributed by atoms with E-state index in [1.165, 1.54) is 12.3 Å². The van der Waals surface area contributed by atoms with Gasteiger partial charge in [-0.15, -0.1) is 0 Å². The van der Waals surface area contributed by atoms with Crippen LogP contribution in [0.2, 0.25) is 0 Å². The second kappa shape index (κ2) is 6.30. The van der Waals surface area contributed by atoms with Gasteiger partial charge < -0.3 is 10.4 Å². The summed E-state index contributed by atoms with van der Waals surface area (Å²) in [7, 11) is 0. The van der Waals surface area contributed by atoms with Crippen molar-refractivity contribution >= 4 is 5.91 Å². The van der Waals surface area contributed by atoms with Crippen molar-refractivity contribution in [2.45, 2.75) is 26.3 Å². The maximum absolute atomic E-state index is 12.6. The van der Waals surface area contributed by atoms with Crippen LogP contribution in [-0.4, -0.2) is 28.6 Å². The highest BCUT2D eigenvalue weighted by Gasteiger charge is 2.16. The first-order valence-electron chi connectivity index (χ1n) is 5.58. The number of aliphatic hydroxyl groups is 1. The van der Waals surface area contributed by atoms with E-state index in [1.807, 2.05) is 13.8 Å². The number of hydrogen-bond acceptors (Lipinski definition) is 3. The van der Waals surface area contributed by atoms with E-state index in [4.69, 9.17) is 5.11 Å². The molecular formula is C12H17FN2O2. The van der Waals surface area contributed by atoms with Gasteiger partial charge in [-0.2, -0.15) is 4.39 Å². The van der Waals surface area contributed by atoms with Crippen LogP contribution >= 0.6 is 0 Å². The van der Waals surface area contributed by atoms with Crippen molar-refractivity contribution in [1.29, 1.82) is 0 Å². The second-order valence-electron chi connectivity index (χ2n) is 4.21. The molecule has 1 atom stereocenters. The first-order valence-corrected chi connectivity index (χ1v) is 5.58. The Bertz CT molecular complexity index is 365. The Morgan fingerprint density at radius 1 is 1.53 bits per heavy atom. The van der Waals surface area contributed by atoms with Gasteiger partial charge >= 0.3 is 0 Å². The van der Waals surface area contributed by atoms with Gasteiger partial charge in [0, 0.05) is 18.8 Å². The molecule has 1 aromatic rings. The maximum atomic E-state index is 12.6. The van der Waals surface area contributed by atoms with Gasteiger partial charge in [-0.05, 0) is 24.5 Å². The van der Waals surface area contributed by atoms with Crippen LogP contribution in [-0.2, 0) is 0 Å². The molecule has 5 heteroatoms. The Labute approximate surface area is 99.9 Å². The molecule has 1 rings (SSSR count). The van der Waals surface area contributed by atoms with Crippen molar-refractivity contribution in [2.75, 3.05) is 6.61 Å². The number of rotatable bonds is 5. The van der Waals surface area contributed by atoms with Crippen molar-refractivity contribution in [2.24, 2.45) is 5.92 Å². The first kappa shape index (κ1) is 13.6. The monoisotopic (exact) mass is 240 g/mol. The summed E-state index contributed by atoms with van der Waals surface area (Å²) in [5.74, 6) is -0.693. The van der Waals surface area contributed by atoms with Gasteiger partial charge in [-0.3, -0.25) is 4.79 Å². The lowest BCUT2D eigenvalue weighted by Crippen LogP contribution is -2.39. The third kappa shape index (κ3) is 4.11. The van der Waals surface area contributed by atoms with E-state index in [0.29, 0.717) is 12.0 Å². The van der Waals surface area contributed by atoms with Crippen molar-refractivity contribution in [3.05, 3.63) is 29.8 Å².